The van der Waals surface area contributed by atoms with Crippen LogP contribution in [0.4, 0.5) is 14.5 Å². The van der Waals surface area contributed by atoms with Gasteiger partial charge in [0.15, 0.2) is 0 Å². The summed E-state index contributed by atoms with van der Waals surface area (Å²) in [5.41, 5.74) is 6.03. The summed E-state index contributed by atoms with van der Waals surface area (Å²) in [4.78, 5) is 9.37. The monoisotopic (exact) mass is 375 g/mol. The van der Waals surface area contributed by atoms with E-state index < -0.39 is 0 Å². The highest BCUT2D eigenvalue weighted by molar-refractivity contribution is 6.28. The molecule has 3 nitrogen and oxygen atoms in total. The zero-order chi connectivity index (χ0) is 19.0. The molecule has 2 N–H and O–H groups in total. The quantitative estimate of drug-likeness (QED) is 0.362. The molecular weight excluding hydrogens is 356 g/mol. The zero-order valence-electron chi connectivity index (χ0n) is 15.5. The van der Waals surface area contributed by atoms with E-state index in [1.165, 1.54) is 12.1 Å². The highest BCUT2D eigenvalue weighted by Crippen LogP contribution is 2.45. The summed E-state index contributed by atoms with van der Waals surface area (Å²) in [5, 5.41) is 3.83. The average Bonchev–Trinajstić information content (AvgIpc) is 3.40. The zero-order valence-corrected chi connectivity index (χ0v) is 15.5. The van der Waals surface area contributed by atoms with Crippen LogP contribution in [0.3, 0.4) is 0 Å². The summed E-state index contributed by atoms with van der Waals surface area (Å²) in [6.07, 6.45) is 2.26. The van der Waals surface area contributed by atoms with Crippen LogP contribution < -0.4 is 4.90 Å². The fraction of sp³-hybridized carbons (Fsp3) is 0.217. The standard InChI is InChI=1S/C23H19F2N3/c1-12-21-19(15-10-13(24)4-6-17(15)26-21)23(28-8-2-3-9-28)20-16-11-14(25)5-7-18(16)27-22(12)20/h4-7,10-11,26-27H,2-3,8-9H2,1H3. The Kier molecular flexibility index (Phi) is 3.11. The third-order valence-corrected chi connectivity index (χ3v) is 6.17. The summed E-state index contributed by atoms with van der Waals surface area (Å²) >= 11 is 0. The van der Waals surface area contributed by atoms with E-state index in [1.807, 2.05) is 0 Å². The molecule has 1 saturated heterocycles. The van der Waals surface area contributed by atoms with Gasteiger partial charge in [0, 0.05) is 45.7 Å². The van der Waals surface area contributed by atoms with Crippen molar-refractivity contribution in [3.63, 3.8) is 0 Å². The fourth-order valence-electron chi connectivity index (χ4n) is 4.89. The lowest BCUT2D eigenvalue weighted by atomic mass is 10.00. The molecule has 1 aliphatic heterocycles. The van der Waals surface area contributed by atoms with Crippen molar-refractivity contribution < 1.29 is 8.78 Å². The maximum atomic E-state index is 14.1. The van der Waals surface area contributed by atoms with Gasteiger partial charge in [-0.05, 0) is 61.7 Å². The number of hydrogen-bond acceptors (Lipinski definition) is 1. The number of fused-ring (bicyclic) bond motifs is 6. The Hall–Kier alpha value is -3.08. The van der Waals surface area contributed by atoms with Crippen LogP contribution in [0.25, 0.3) is 43.6 Å². The van der Waals surface area contributed by atoms with Gasteiger partial charge in [-0.2, -0.15) is 0 Å². The predicted molar refractivity (Wildman–Crippen MR) is 111 cm³/mol. The molecule has 5 heteroatoms. The molecule has 28 heavy (non-hydrogen) atoms. The van der Waals surface area contributed by atoms with E-state index in [9.17, 15) is 8.78 Å². The van der Waals surface area contributed by atoms with E-state index >= 15 is 0 Å². The summed E-state index contributed by atoms with van der Waals surface area (Å²) in [6, 6.07) is 9.77. The van der Waals surface area contributed by atoms with Crippen molar-refractivity contribution in [2.45, 2.75) is 19.8 Å². The lowest BCUT2D eigenvalue weighted by molar-refractivity contribution is 0.629. The number of aromatic nitrogens is 2. The number of nitrogens with one attached hydrogen (secondary N) is 2. The van der Waals surface area contributed by atoms with E-state index in [1.54, 1.807) is 24.3 Å². The van der Waals surface area contributed by atoms with Crippen LogP contribution in [0.1, 0.15) is 18.4 Å². The lowest BCUT2D eigenvalue weighted by Crippen LogP contribution is -2.18. The van der Waals surface area contributed by atoms with Crippen LogP contribution >= 0.6 is 0 Å². The van der Waals surface area contributed by atoms with Gasteiger partial charge in [0.05, 0.1) is 16.7 Å². The molecule has 0 saturated carbocycles. The van der Waals surface area contributed by atoms with Crippen LogP contribution in [0.5, 0.6) is 0 Å². The minimum atomic E-state index is -0.247. The van der Waals surface area contributed by atoms with Gasteiger partial charge in [-0.25, -0.2) is 8.78 Å². The van der Waals surface area contributed by atoms with Crippen molar-refractivity contribution >= 4 is 49.3 Å². The molecular formula is C23H19F2N3. The van der Waals surface area contributed by atoms with Gasteiger partial charge in [0.1, 0.15) is 11.6 Å². The van der Waals surface area contributed by atoms with Crippen LogP contribution in [0.15, 0.2) is 36.4 Å². The third-order valence-electron chi connectivity index (χ3n) is 6.17. The number of anilines is 1. The van der Waals surface area contributed by atoms with Crippen LogP contribution in [0.2, 0.25) is 0 Å². The number of aryl methyl sites for hydroxylation is 1. The molecule has 0 amide bonds. The predicted octanol–water partition coefficient (Wildman–Crippen LogP) is 6.14. The van der Waals surface area contributed by atoms with Crippen molar-refractivity contribution in [1.82, 2.24) is 9.97 Å². The Balaban J connectivity index is 1.91. The molecule has 3 heterocycles. The number of H-pyrrole nitrogens is 2. The first-order chi connectivity index (χ1) is 13.6. The van der Waals surface area contributed by atoms with E-state index in [-0.39, 0.29) is 11.6 Å². The molecule has 6 rings (SSSR count). The van der Waals surface area contributed by atoms with E-state index in [2.05, 4.69) is 21.8 Å². The molecule has 0 radical (unpaired) electrons. The molecule has 2 aromatic heterocycles. The Labute approximate surface area is 159 Å². The first kappa shape index (κ1) is 15.9. The molecule has 1 fully saturated rings. The molecule has 3 aromatic carbocycles. The largest absolute Gasteiger partial charge is 0.370 e. The summed E-state index contributed by atoms with van der Waals surface area (Å²) < 4.78 is 28.3. The van der Waals surface area contributed by atoms with Crippen molar-refractivity contribution in [2.24, 2.45) is 0 Å². The van der Waals surface area contributed by atoms with Crippen LogP contribution in [0, 0.1) is 18.6 Å². The number of nitrogens with zero attached hydrogens (tertiary/aromatic N) is 1. The Morgan fingerprint density at radius 3 is 1.79 bits per heavy atom. The highest BCUT2D eigenvalue weighted by Gasteiger charge is 2.25. The van der Waals surface area contributed by atoms with Gasteiger partial charge in [-0.1, -0.05) is 0 Å². The minimum Gasteiger partial charge on any atom is -0.370 e. The van der Waals surface area contributed by atoms with Crippen molar-refractivity contribution in [3.05, 3.63) is 53.6 Å². The van der Waals surface area contributed by atoms with E-state index in [4.69, 9.17) is 0 Å². The number of benzene rings is 3. The van der Waals surface area contributed by atoms with Crippen molar-refractivity contribution in [2.75, 3.05) is 18.0 Å². The number of hydrogen-bond donors (Lipinski definition) is 2. The minimum absolute atomic E-state index is 0.247. The summed E-state index contributed by atoms with van der Waals surface area (Å²) in [7, 11) is 0. The molecule has 0 unspecified atom stereocenters. The van der Waals surface area contributed by atoms with E-state index in [0.717, 1.165) is 80.8 Å². The maximum absolute atomic E-state index is 14.1. The van der Waals surface area contributed by atoms with Gasteiger partial charge in [0.2, 0.25) is 0 Å². The second-order valence-electron chi connectivity index (χ2n) is 7.80. The second-order valence-corrected chi connectivity index (χ2v) is 7.80. The van der Waals surface area contributed by atoms with Gasteiger partial charge in [-0.15, -0.1) is 0 Å². The van der Waals surface area contributed by atoms with Crippen LogP contribution in [-0.2, 0) is 0 Å². The highest BCUT2D eigenvalue weighted by atomic mass is 19.1. The normalized spacial score (nSPS) is 15.0. The number of aromatic amines is 2. The number of rotatable bonds is 1. The first-order valence-electron chi connectivity index (χ1n) is 9.71. The Morgan fingerprint density at radius 2 is 1.29 bits per heavy atom. The Bertz CT molecular complexity index is 1310. The molecule has 0 spiro atoms. The maximum Gasteiger partial charge on any atom is 0.123 e. The van der Waals surface area contributed by atoms with Gasteiger partial charge in [0.25, 0.3) is 0 Å². The summed E-state index contributed by atoms with van der Waals surface area (Å²) in [6.45, 7) is 3.98. The lowest BCUT2D eigenvalue weighted by Gasteiger charge is -2.22. The van der Waals surface area contributed by atoms with Gasteiger partial charge in [-0.3, -0.25) is 0 Å². The van der Waals surface area contributed by atoms with Crippen molar-refractivity contribution in [1.29, 1.82) is 0 Å². The topological polar surface area (TPSA) is 34.8 Å². The molecule has 0 aliphatic carbocycles. The molecule has 5 aromatic rings. The molecule has 0 atom stereocenters. The molecule has 140 valence electrons. The first-order valence-corrected chi connectivity index (χ1v) is 9.71. The summed E-state index contributed by atoms with van der Waals surface area (Å²) in [5.74, 6) is -0.494. The fourth-order valence-corrected chi connectivity index (χ4v) is 4.89. The Morgan fingerprint density at radius 1 is 0.786 bits per heavy atom. The smallest absolute Gasteiger partial charge is 0.123 e. The van der Waals surface area contributed by atoms with Crippen molar-refractivity contribution in [3.8, 4) is 0 Å². The molecule has 0 bridgehead atoms. The number of halogens is 2. The SMILES string of the molecule is Cc1c2[nH]c3ccc(F)cc3c2c(N2CCCC2)c2c1[nH]c1ccc(F)cc12. The van der Waals surface area contributed by atoms with Crippen LogP contribution in [-0.4, -0.2) is 23.1 Å². The van der Waals surface area contributed by atoms with E-state index in [0.29, 0.717) is 0 Å². The second kappa shape index (κ2) is 5.47. The average molecular weight is 375 g/mol. The third kappa shape index (κ3) is 2.02. The molecule has 1 aliphatic rings. The van der Waals surface area contributed by atoms with Gasteiger partial charge < -0.3 is 14.9 Å². The van der Waals surface area contributed by atoms with Gasteiger partial charge >= 0.3 is 0 Å².